The Morgan fingerprint density at radius 1 is 1.40 bits per heavy atom. The van der Waals surface area contributed by atoms with E-state index < -0.39 is 0 Å². The molecule has 3 nitrogen and oxygen atoms in total. The molecule has 1 aliphatic carbocycles. The molecule has 1 aliphatic rings. The lowest BCUT2D eigenvalue weighted by Gasteiger charge is -2.34. The van der Waals surface area contributed by atoms with Crippen LogP contribution in [0.15, 0.2) is 30.6 Å². The highest BCUT2D eigenvalue weighted by atomic mass is 15.0. The normalized spacial score (nSPS) is 20.7. The molecule has 0 fully saturated rings. The zero-order chi connectivity index (χ0) is 14.3. The summed E-state index contributed by atoms with van der Waals surface area (Å²) in [4.78, 5) is 4.51. The minimum Gasteiger partial charge on any atom is -0.345 e. The average Bonchev–Trinajstić information content (AvgIpc) is 2.74. The standard InChI is InChI=1S/C17H23N3/c1-12-5-4-7-19-15(12)11-20-8-6-13-14(18)9-17(2,3)10-16(13)20/h4-8,14H,9-11,18H2,1-3H3. The van der Waals surface area contributed by atoms with Crippen molar-refractivity contribution in [3.05, 3.63) is 53.1 Å². The number of hydrogen-bond donors (Lipinski definition) is 1. The fraction of sp³-hybridized carbons (Fsp3) is 0.471. The summed E-state index contributed by atoms with van der Waals surface area (Å²) in [6.45, 7) is 7.57. The van der Waals surface area contributed by atoms with Crippen molar-refractivity contribution >= 4 is 0 Å². The largest absolute Gasteiger partial charge is 0.345 e. The van der Waals surface area contributed by atoms with Crippen LogP contribution in [0.1, 0.15) is 48.8 Å². The second-order valence-corrected chi connectivity index (χ2v) is 6.76. The van der Waals surface area contributed by atoms with Crippen molar-refractivity contribution in [2.75, 3.05) is 0 Å². The summed E-state index contributed by atoms with van der Waals surface area (Å²) in [5, 5.41) is 0. The van der Waals surface area contributed by atoms with Gasteiger partial charge in [0, 0.05) is 24.1 Å². The molecule has 1 atom stereocenters. The summed E-state index contributed by atoms with van der Waals surface area (Å²) < 4.78 is 2.32. The first kappa shape index (κ1) is 13.4. The van der Waals surface area contributed by atoms with Gasteiger partial charge in [-0.1, -0.05) is 19.9 Å². The second kappa shape index (κ2) is 4.74. The van der Waals surface area contributed by atoms with Gasteiger partial charge in [0.1, 0.15) is 0 Å². The van der Waals surface area contributed by atoms with Crippen molar-refractivity contribution in [2.24, 2.45) is 11.1 Å². The molecule has 0 spiro atoms. The zero-order valence-electron chi connectivity index (χ0n) is 12.6. The van der Waals surface area contributed by atoms with E-state index >= 15 is 0 Å². The maximum Gasteiger partial charge on any atom is 0.0648 e. The molecular formula is C17H23N3. The third-order valence-corrected chi connectivity index (χ3v) is 4.37. The fourth-order valence-corrected chi connectivity index (χ4v) is 3.29. The van der Waals surface area contributed by atoms with Crippen LogP contribution in [0.3, 0.4) is 0 Å². The van der Waals surface area contributed by atoms with Crippen LogP contribution in [0.2, 0.25) is 0 Å². The maximum atomic E-state index is 6.33. The Labute approximate surface area is 120 Å². The third-order valence-electron chi connectivity index (χ3n) is 4.37. The molecule has 0 amide bonds. The summed E-state index contributed by atoms with van der Waals surface area (Å²) >= 11 is 0. The Morgan fingerprint density at radius 3 is 2.95 bits per heavy atom. The molecule has 3 heteroatoms. The van der Waals surface area contributed by atoms with E-state index in [1.54, 1.807) is 0 Å². The summed E-state index contributed by atoms with van der Waals surface area (Å²) in [5.41, 5.74) is 11.7. The first-order valence-corrected chi connectivity index (χ1v) is 7.30. The molecule has 0 aromatic carbocycles. The number of aromatic nitrogens is 2. The molecule has 0 saturated carbocycles. The van der Waals surface area contributed by atoms with Gasteiger partial charge in [-0.2, -0.15) is 0 Å². The predicted octanol–water partition coefficient (Wildman–Crippen LogP) is 3.21. The predicted molar refractivity (Wildman–Crippen MR) is 81.5 cm³/mol. The lowest BCUT2D eigenvalue weighted by atomic mass is 9.74. The Hall–Kier alpha value is -1.61. The van der Waals surface area contributed by atoms with Crippen LogP contribution >= 0.6 is 0 Å². The third kappa shape index (κ3) is 2.38. The highest BCUT2D eigenvalue weighted by Gasteiger charge is 2.32. The minimum atomic E-state index is 0.167. The lowest BCUT2D eigenvalue weighted by Crippen LogP contribution is -2.30. The van der Waals surface area contributed by atoms with Crippen LogP contribution in [0, 0.1) is 12.3 Å². The summed E-state index contributed by atoms with van der Waals surface area (Å²) in [5.74, 6) is 0. The minimum absolute atomic E-state index is 0.167. The van der Waals surface area contributed by atoms with E-state index in [0.29, 0.717) is 0 Å². The monoisotopic (exact) mass is 269 g/mol. The van der Waals surface area contributed by atoms with E-state index in [1.807, 2.05) is 12.3 Å². The molecule has 2 aromatic rings. The number of pyridine rings is 1. The van der Waals surface area contributed by atoms with Crippen LogP contribution in [0.25, 0.3) is 0 Å². The fourth-order valence-electron chi connectivity index (χ4n) is 3.29. The molecule has 1 unspecified atom stereocenters. The SMILES string of the molecule is Cc1cccnc1Cn1ccc2c1CC(C)(C)CC2N. The van der Waals surface area contributed by atoms with Crippen LogP contribution in [-0.2, 0) is 13.0 Å². The van der Waals surface area contributed by atoms with E-state index in [0.717, 1.165) is 25.1 Å². The van der Waals surface area contributed by atoms with E-state index in [9.17, 15) is 0 Å². The smallest absolute Gasteiger partial charge is 0.0648 e. The maximum absolute atomic E-state index is 6.33. The van der Waals surface area contributed by atoms with Crippen molar-refractivity contribution in [1.29, 1.82) is 0 Å². The van der Waals surface area contributed by atoms with Crippen LogP contribution in [0.4, 0.5) is 0 Å². The van der Waals surface area contributed by atoms with Gasteiger partial charge in [0.25, 0.3) is 0 Å². The van der Waals surface area contributed by atoms with Crippen LogP contribution < -0.4 is 5.73 Å². The molecule has 2 N–H and O–H groups in total. The Kier molecular flexibility index (Phi) is 3.17. The summed E-state index contributed by atoms with van der Waals surface area (Å²) in [7, 11) is 0. The van der Waals surface area contributed by atoms with Crippen molar-refractivity contribution in [3.63, 3.8) is 0 Å². The van der Waals surface area contributed by atoms with E-state index in [4.69, 9.17) is 5.73 Å². The molecule has 20 heavy (non-hydrogen) atoms. The topological polar surface area (TPSA) is 43.8 Å². The van der Waals surface area contributed by atoms with Crippen LogP contribution in [0.5, 0.6) is 0 Å². The number of nitrogens with two attached hydrogens (primary N) is 1. The van der Waals surface area contributed by atoms with Gasteiger partial charge < -0.3 is 10.3 Å². The van der Waals surface area contributed by atoms with Crippen molar-refractivity contribution in [1.82, 2.24) is 9.55 Å². The second-order valence-electron chi connectivity index (χ2n) is 6.76. The number of hydrogen-bond acceptors (Lipinski definition) is 2. The van der Waals surface area contributed by atoms with Crippen molar-refractivity contribution < 1.29 is 0 Å². The molecule has 0 bridgehead atoms. The van der Waals surface area contributed by atoms with Gasteiger partial charge in [-0.05, 0) is 48.4 Å². The number of rotatable bonds is 2. The first-order valence-electron chi connectivity index (χ1n) is 7.30. The lowest BCUT2D eigenvalue weighted by molar-refractivity contribution is 0.276. The van der Waals surface area contributed by atoms with E-state index in [2.05, 4.69) is 48.7 Å². The molecule has 0 radical (unpaired) electrons. The molecule has 106 valence electrons. The van der Waals surface area contributed by atoms with Crippen LogP contribution in [-0.4, -0.2) is 9.55 Å². The molecule has 0 aliphatic heterocycles. The molecular weight excluding hydrogens is 246 g/mol. The van der Waals surface area contributed by atoms with Gasteiger partial charge >= 0.3 is 0 Å². The number of aryl methyl sites for hydroxylation is 1. The van der Waals surface area contributed by atoms with Gasteiger partial charge in [0.05, 0.1) is 12.2 Å². The molecule has 2 aromatic heterocycles. The number of nitrogens with zero attached hydrogens (tertiary/aromatic N) is 2. The Bertz CT molecular complexity index is 625. The van der Waals surface area contributed by atoms with Crippen molar-refractivity contribution in [2.45, 2.75) is 46.2 Å². The quantitative estimate of drug-likeness (QED) is 0.909. The highest BCUT2D eigenvalue weighted by Crippen LogP contribution is 2.40. The Balaban J connectivity index is 1.95. The van der Waals surface area contributed by atoms with Gasteiger partial charge in [0.2, 0.25) is 0 Å². The zero-order valence-corrected chi connectivity index (χ0v) is 12.6. The molecule has 3 rings (SSSR count). The van der Waals surface area contributed by atoms with Gasteiger partial charge in [0.15, 0.2) is 0 Å². The van der Waals surface area contributed by atoms with Gasteiger partial charge in [-0.3, -0.25) is 4.98 Å². The first-order chi connectivity index (χ1) is 9.46. The van der Waals surface area contributed by atoms with Gasteiger partial charge in [-0.15, -0.1) is 0 Å². The molecule has 2 heterocycles. The average molecular weight is 269 g/mol. The highest BCUT2D eigenvalue weighted by molar-refractivity contribution is 5.31. The summed E-state index contributed by atoms with van der Waals surface area (Å²) in [6, 6.07) is 6.46. The molecule has 0 saturated heterocycles. The van der Waals surface area contributed by atoms with E-state index in [1.165, 1.54) is 16.8 Å². The summed E-state index contributed by atoms with van der Waals surface area (Å²) in [6.07, 6.45) is 6.19. The van der Waals surface area contributed by atoms with Crippen molar-refractivity contribution in [3.8, 4) is 0 Å². The Morgan fingerprint density at radius 2 is 2.20 bits per heavy atom. The number of fused-ring (bicyclic) bond motifs is 1. The van der Waals surface area contributed by atoms with Gasteiger partial charge in [-0.25, -0.2) is 0 Å². The van der Waals surface area contributed by atoms with E-state index in [-0.39, 0.29) is 11.5 Å².